The lowest BCUT2D eigenvalue weighted by Crippen LogP contribution is -2.58. The Labute approximate surface area is 136 Å². The predicted octanol–water partition coefficient (Wildman–Crippen LogP) is 2.27. The molecule has 23 heavy (non-hydrogen) atoms. The summed E-state index contributed by atoms with van der Waals surface area (Å²) in [5.41, 5.74) is 3.42. The number of amides is 1. The van der Waals surface area contributed by atoms with Gasteiger partial charge in [-0.15, -0.1) is 0 Å². The molecule has 4 aliphatic rings. The predicted molar refractivity (Wildman–Crippen MR) is 90.6 cm³/mol. The Morgan fingerprint density at radius 3 is 2.70 bits per heavy atom. The zero-order valence-corrected chi connectivity index (χ0v) is 13.7. The van der Waals surface area contributed by atoms with Crippen LogP contribution in [0.4, 0.5) is 0 Å². The molecule has 3 fully saturated rings. The number of hydrogen-bond acceptors (Lipinski definition) is 2. The first-order chi connectivity index (χ1) is 11.2. The van der Waals surface area contributed by atoms with E-state index in [2.05, 4.69) is 33.7 Å². The molecule has 1 atom stereocenters. The van der Waals surface area contributed by atoms with Crippen LogP contribution in [0.5, 0.6) is 0 Å². The second-order valence-corrected chi connectivity index (χ2v) is 7.42. The summed E-state index contributed by atoms with van der Waals surface area (Å²) in [6, 6.07) is 6.59. The van der Waals surface area contributed by atoms with E-state index in [0.717, 1.165) is 25.1 Å². The molecule has 0 saturated carbocycles. The van der Waals surface area contributed by atoms with Crippen LogP contribution in [0, 0.1) is 5.92 Å². The number of benzene rings is 1. The van der Waals surface area contributed by atoms with Crippen molar-refractivity contribution in [3.8, 4) is 0 Å². The first-order valence-corrected chi connectivity index (χ1v) is 8.82. The quantitative estimate of drug-likeness (QED) is 0.808. The van der Waals surface area contributed by atoms with Crippen molar-refractivity contribution < 1.29 is 4.79 Å². The number of carbonyl (C=O) groups is 1. The Hall–Kier alpha value is -1.81. The molecule has 2 bridgehead atoms. The topological polar surface area (TPSA) is 28.5 Å². The van der Waals surface area contributed by atoms with E-state index in [9.17, 15) is 4.79 Å². The summed E-state index contributed by atoms with van der Waals surface area (Å²) < 4.78 is 2.16. The van der Waals surface area contributed by atoms with Crippen molar-refractivity contribution >= 4 is 16.8 Å². The van der Waals surface area contributed by atoms with Crippen LogP contribution < -0.4 is 0 Å². The maximum atomic E-state index is 13.3. The molecule has 120 valence electrons. The van der Waals surface area contributed by atoms with Gasteiger partial charge < -0.3 is 14.4 Å². The van der Waals surface area contributed by atoms with Gasteiger partial charge in [0.05, 0.1) is 0 Å². The molecule has 2 aromatic rings. The number of aryl methyl sites for hydroxylation is 1. The molecule has 4 nitrogen and oxygen atoms in total. The van der Waals surface area contributed by atoms with Gasteiger partial charge in [0.1, 0.15) is 0 Å². The van der Waals surface area contributed by atoms with Crippen LogP contribution in [0.25, 0.3) is 10.9 Å². The third-order valence-electron chi connectivity index (χ3n) is 6.23. The fourth-order valence-electron chi connectivity index (χ4n) is 5.01. The van der Waals surface area contributed by atoms with Gasteiger partial charge in [-0.05, 0) is 56.0 Å². The van der Waals surface area contributed by atoms with E-state index < -0.39 is 0 Å². The molecule has 0 spiro atoms. The minimum absolute atomic E-state index is 0.249. The van der Waals surface area contributed by atoms with Crippen LogP contribution in [-0.4, -0.2) is 52.5 Å². The number of hydrogen-bond donors (Lipinski definition) is 0. The van der Waals surface area contributed by atoms with E-state index in [-0.39, 0.29) is 5.91 Å². The van der Waals surface area contributed by atoms with Crippen molar-refractivity contribution in [3.63, 3.8) is 0 Å². The SMILES string of the molecule is Cn1cc2c3c(cccc31)C(=O)N(C1CN3CCC1CC3)CC2. The number of nitrogens with zero attached hydrogens (tertiary/aromatic N) is 3. The molecule has 3 saturated heterocycles. The van der Waals surface area contributed by atoms with E-state index in [1.807, 2.05) is 12.1 Å². The van der Waals surface area contributed by atoms with Gasteiger partial charge >= 0.3 is 0 Å². The maximum absolute atomic E-state index is 13.3. The molecular formula is C19H23N3O. The third-order valence-corrected chi connectivity index (χ3v) is 6.23. The van der Waals surface area contributed by atoms with Gasteiger partial charge in [0, 0.05) is 48.8 Å². The Morgan fingerprint density at radius 1 is 1.13 bits per heavy atom. The lowest BCUT2D eigenvalue weighted by molar-refractivity contribution is 0.00826. The van der Waals surface area contributed by atoms with Gasteiger partial charge in [0.15, 0.2) is 0 Å². The first-order valence-electron chi connectivity index (χ1n) is 8.82. The molecule has 1 aromatic heterocycles. The minimum Gasteiger partial charge on any atom is -0.350 e. The molecule has 1 unspecified atom stereocenters. The average Bonchev–Trinajstić information content (AvgIpc) is 2.85. The summed E-state index contributed by atoms with van der Waals surface area (Å²) in [6.07, 6.45) is 5.70. The molecule has 1 amide bonds. The largest absolute Gasteiger partial charge is 0.350 e. The highest BCUT2D eigenvalue weighted by molar-refractivity contribution is 6.08. The summed E-state index contributed by atoms with van der Waals surface area (Å²) in [7, 11) is 2.08. The Morgan fingerprint density at radius 2 is 1.96 bits per heavy atom. The van der Waals surface area contributed by atoms with Crippen LogP contribution in [0.3, 0.4) is 0 Å². The van der Waals surface area contributed by atoms with Gasteiger partial charge in [-0.2, -0.15) is 0 Å². The molecule has 0 N–H and O–H groups in total. The van der Waals surface area contributed by atoms with Crippen LogP contribution in [0.2, 0.25) is 0 Å². The lowest BCUT2D eigenvalue weighted by Gasteiger charge is -2.49. The summed E-state index contributed by atoms with van der Waals surface area (Å²) in [6.45, 7) is 4.38. The van der Waals surface area contributed by atoms with Crippen molar-refractivity contribution in [1.29, 1.82) is 0 Å². The summed E-state index contributed by atoms with van der Waals surface area (Å²) >= 11 is 0. The molecule has 5 heterocycles. The van der Waals surface area contributed by atoms with E-state index in [0.29, 0.717) is 12.0 Å². The number of rotatable bonds is 1. The van der Waals surface area contributed by atoms with Crippen LogP contribution >= 0.6 is 0 Å². The Bertz CT molecular complexity index is 785. The van der Waals surface area contributed by atoms with E-state index >= 15 is 0 Å². The van der Waals surface area contributed by atoms with Crippen molar-refractivity contribution in [2.75, 3.05) is 26.2 Å². The number of aromatic nitrogens is 1. The monoisotopic (exact) mass is 309 g/mol. The fourth-order valence-corrected chi connectivity index (χ4v) is 5.01. The molecule has 4 aliphatic heterocycles. The summed E-state index contributed by atoms with van der Waals surface area (Å²) in [5, 5.41) is 1.18. The zero-order valence-electron chi connectivity index (χ0n) is 13.7. The Balaban J connectivity index is 1.58. The van der Waals surface area contributed by atoms with Crippen molar-refractivity contribution in [1.82, 2.24) is 14.4 Å². The van der Waals surface area contributed by atoms with Crippen molar-refractivity contribution in [2.24, 2.45) is 13.0 Å². The lowest BCUT2D eigenvalue weighted by atomic mass is 9.83. The highest BCUT2D eigenvalue weighted by Crippen LogP contribution is 2.35. The zero-order chi connectivity index (χ0) is 15.6. The standard InChI is InChI=1S/C19H23N3O/c1-20-11-14-7-10-22(17-12-21-8-5-13(17)6-9-21)19(23)15-3-2-4-16(20)18(14)15/h2-4,11,13,17H,5-10,12H2,1H3. The van der Waals surface area contributed by atoms with Crippen molar-refractivity contribution in [2.45, 2.75) is 25.3 Å². The van der Waals surface area contributed by atoms with E-state index in [1.165, 1.54) is 42.4 Å². The molecule has 0 aliphatic carbocycles. The number of piperidine rings is 3. The molecule has 0 radical (unpaired) electrons. The van der Waals surface area contributed by atoms with E-state index in [4.69, 9.17) is 0 Å². The van der Waals surface area contributed by atoms with Gasteiger partial charge in [-0.25, -0.2) is 0 Å². The van der Waals surface area contributed by atoms with E-state index in [1.54, 1.807) is 0 Å². The maximum Gasteiger partial charge on any atom is 0.254 e. The fraction of sp³-hybridized carbons (Fsp3) is 0.526. The molecule has 1 aromatic carbocycles. The Kier molecular flexibility index (Phi) is 2.87. The number of carbonyl (C=O) groups excluding carboxylic acids is 1. The van der Waals surface area contributed by atoms with Crippen molar-refractivity contribution in [3.05, 3.63) is 35.5 Å². The van der Waals surface area contributed by atoms with Gasteiger partial charge in [-0.1, -0.05) is 6.07 Å². The highest BCUT2D eigenvalue weighted by Gasteiger charge is 2.40. The van der Waals surface area contributed by atoms with Crippen LogP contribution in [0.1, 0.15) is 28.8 Å². The molecule has 6 rings (SSSR count). The van der Waals surface area contributed by atoms with Crippen LogP contribution in [0.15, 0.2) is 24.4 Å². The normalized spacial score (nSPS) is 30.0. The number of fused-ring (bicyclic) bond motifs is 3. The molecule has 4 heteroatoms. The highest BCUT2D eigenvalue weighted by atomic mass is 16.2. The van der Waals surface area contributed by atoms with Gasteiger partial charge in [-0.3, -0.25) is 4.79 Å². The summed E-state index contributed by atoms with van der Waals surface area (Å²) in [5.74, 6) is 0.950. The minimum atomic E-state index is 0.249. The van der Waals surface area contributed by atoms with Gasteiger partial charge in [0.2, 0.25) is 0 Å². The van der Waals surface area contributed by atoms with Gasteiger partial charge in [0.25, 0.3) is 5.91 Å². The average molecular weight is 309 g/mol. The second kappa shape index (κ2) is 4.84. The third kappa shape index (κ3) is 1.91. The first kappa shape index (κ1) is 13.6. The summed E-state index contributed by atoms with van der Waals surface area (Å²) in [4.78, 5) is 18.0. The smallest absolute Gasteiger partial charge is 0.254 e. The van der Waals surface area contributed by atoms with Crippen LogP contribution in [-0.2, 0) is 13.5 Å². The second-order valence-electron chi connectivity index (χ2n) is 7.42. The molecular weight excluding hydrogens is 286 g/mol.